The molecule has 112 valence electrons. The second kappa shape index (κ2) is 5.08. The maximum atomic E-state index is 12.4. The summed E-state index contributed by atoms with van der Waals surface area (Å²) < 4.78 is 5.92. The summed E-state index contributed by atoms with van der Waals surface area (Å²) in [4.78, 5) is 26.8. The molecule has 2 aliphatic heterocycles. The Kier molecular flexibility index (Phi) is 4.05. The van der Waals surface area contributed by atoms with Crippen molar-refractivity contribution in [2.24, 2.45) is 5.41 Å². The first kappa shape index (κ1) is 15.9. The zero-order chi connectivity index (χ0) is 15.3. The van der Waals surface area contributed by atoms with E-state index in [1.54, 1.807) is 13.1 Å². The molecule has 1 fully saturated rings. The maximum absolute atomic E-state index is 12.4. The summed E-state index contributed by atoms with van der Waals surface area (Å²) in [5.74, 6) is -1.46. The summed E-state index contributed by atoms with van der Waals surface area (Å²) in [5, 5.41) is 9.28. The van der Waals surface area contributed by atoms with E-state index in [2.05, 4.69) is 0 Å². The monoisotopic (exact) mass is 333 g/mol. The Bertz CT molecular complexity index is 490. The molecule has 2 aliphatic rings. The molecule has 0 spiro atoms. The smallest absolute Gasteiger partial charge is 0.325 e. The van der Waals surface area contributed by atoms with E-state index in [0.717, 1.165) is 4.91 Å². The molecule has 2 heterocycles. The summed E-state index contributed by atoms with van der Waals surface area (Å²) in [6.45, 7) is 9.59. The standard InChI is InChI=1S/C12H19NO4S2Si/c1-7-6-13-9(14)12(11(15)16,10(13)19-18-7)8(2)17-20(3,4)5/h6,8,10H,1-5H3,(H,15,16)/t8-,10-,12-/m1/s1. The number of β-lactam (4-membered cyclic amide) rings is 1. The molecule has 0 aromatic rings. The lowest BCUT2D eigenvalue weighted by molar-refractivity contribution is -0.185. The topological polar surface area (TPSA) is 66.8 Å². The third kappa shape index (κ3) is 2.32. The largest absolute Gasteiger partial charge is 0.480 e. The number of hydrogen-bond donors (Lipinski definition) is 1. The van der Waals surface area contributed by atoms with E-state index in [1.807, 2.05) is 26.6 Å². The minimum atomic E-state index is -1.92. The van der Waals surface area contributed by atoms with Crippen molar-refractivity contribution in [3.8, 4) is 0 Å². The molecule has 20 heavy (non-hydrogen) atoms. The molecule has 0 aromatic heterocycles. The number of allylic oxidation sites excluding steroid dienone is 1. The van der Waals surface area contributed by atoms with E-state index in [0.29, 0.717) is 0 Å². The SMILES string of the molecule is CC1=CN2C(=O)[C@](C(=O)O)([C@@H](C)O[Si](C)(C)C)[C@H]2SS1. The van der Waals surface area contributed by atoms with Gasteiger partial charge >= 0.3 is 5.97 Å². The molecule has 1 amide bonds. The lowest BCUT2D eigenvalue weighted by Gasteiger charge is -2.55. The molecule has 0 radical (unpaired) electrons. The molecule has 5 nitrogen and oxygen atoms in total. The lowest BCUT2D eigenvalue weighted by Crippen LogP contribution is -2.74. The van der Waals surface area contributed by atoms with Crippen molar-refractivity contribution in [2.75, 3.05) is 0 Å². The van der Waals surface area contributed by atoms with E-state index < -0.39 is 31.2 Å². The number of carboxylic acid groups (broad SMARTS) is 1. The van der Waals surface area contributed by atoms with Crippen LogP contribution in [0.1, 0.15) is 13.8 Å². The molecule has 0 aliphatic carbocycles. The highest BCUT2D eigenvalue weighted by molar-refractivity contribution is 8.78. The number of fused-ring (bicyclic) bond motifs is 1. The van der Waals surface area contributed by atoms with E-state index in [9.17, 15) is 14.7 Å². The minimum absolute atomic E-state index is 0.368. The predicted octanol–water partition coefficient (Wildman–Crippen LogP) is 2.72. The quantitative estimate of drug-likeness (QED) is 0.369. The molecular formula is C12H19NO4S2Si. The second-order valence-corrected chi connectivity index (χ2v) is 13.0. The van der Waals surface area contributed by atoms with Gasteiger partial charge in [-0.1, -0.05) is 21.6 Å². The molecule has 0 unspecified atom stereocenters. The van der Waals surface area contributed by atoms with Gasteiger partial charge in [-0.15, -0.1) is 0 Å². The van der Waals surface area contributed by atoms with Crippen LogP contribution in [0.15, 0.2) is 11.1 Å². The molecule has 0 saturated carbocycles. The first-order valence-corrected chi connectivity index (χ1v) is 12.0. The van der Waals surface area contributed by atoms with E-state index in [-0.39, 0.29) is 5.91 Å². The van der Waals surface area contributed by atoms with Crippen LogP contribution in [0.3, 0.4) is 0 Å². The van der Waals surface area contributed by atoms with E-state index in [1.165, 1.54) is 26.5 Å². The molecule has 1 N–H and O–H groups in total. The number of hydrogen-bond acceptors (Lipinski definition) is 5. The number of aliphatic carboxylic acids is 1. The summed E-state index contributed by atoms with van der Waals surface area (Å²) in [5.41, 5.74) is -1.46. The normalized spacial score (nSPS) is 31.2. The molecule has 1 saturated heterocycles. The average Bonchev–Trinajstić information content (AvgIpc) is 2.27. The minimum Gasteiger partial charge on any atom is -0.480 e. The summed E-state index contributed by atoms with van der Waals surface area (Å²) in [7, 11) is 1.01. The third-order valence-electron chi connectivity index (χ3n) is 3.35. The highest BCUT2D eigenvalue weighted by Gasteiger charge is 2.70. The van der Waals surface area contributed by atoms with Crippen LogP contribution in [-0.4, -0.2) is 41.7 Å². The second-order valence-electron chi connectivity index (χ2n) is 6.03. The van der Waals surface area contributed by atoms with Crippen LogP contribution in [-0.2, 0) is 14.0 Å². The van der Waals surface area contributed by atoms with Crippen LogP contribution in [0.25, 0.3) is 0 Å². The molecule has 0 aromatic carbocycles. The Morgan fingerprint density at radius 2 is 2.15 bits per heavy atom. The number of carbonyl (C=O) groups is 2. The first-order valence-electron chi connectivity index (χ1n) is 6.36. The Labute approximate surface area is 127 Å². The lowest BCUT2D eigenvalue weighted by atomic mass is 9.74. The van der Waals surface area contributed by atoms with Crippen molar-refractivity contribution in [1.82, 2.24) is 4.90 Å². The van der Waals surface area contributed by atoms with Crippen LogP contribution in [0.4, 0.5) is 0 Å². The van der Waals surface area contributed by atoms with Gasteiger partial charge in [-0.25, -0.2) is 0 Å². The molecule has 8 heteroatoms. The van der Waals surface area contributed by atoms with E-state index >= 15 is 0 Å². The van der Waals surface area contributed by atoms with Crippen LogP contribution in [0.2, 0.25) is 19.6 Å². The Morgan fingerprint density at radius 3 is 2.65 bits per heavy atom. The number of amides is 1. The molecule has 3 atom stereocenters. The van der Waals surface area contributed by atoms with Crippen molar-refractivity contribution in [3.05, 3.63) is 11.1 Å². The zero-order valence-electron chi connectivity index (χ0n) is 12.2. The van der Waals surface area contributed by atoms with Crippen molar-refractivity contribution in [1.29, 1.82) is 0 Å². The average molecular weight is 334 g/mol. The van der Waals surface area contributed by atoms with Gasteiger partial charge in [0.15, 0.2) is 8.32 Å². The predicted molar refractivity (Wildman–Crippen MR) is 83.5 cm³/mol. The molecular weight excluding hydrogens is 314 g/mol. The fraction of sp³-hybridized carbons (Fsp3) is 0.667. The van der Waals surface area contributed by atoms with Crippen LogP contribution in [0, 0.1) is 5.41 Å². The Balaban J connectivity index is 2.34. The third-order valence-corrected chi connectivity index (χ3v) is 7.28. The van der Waals surface area contributed by atoms with Gasteiger partial charge in [0, 0.05) is 11.1 Å². The summed E-state index contributed by atoms with van der Waals surface area (Å²) >= 11 is 0. The van der Waals surface area contributed by atoms with Gasteiger partial charge in [0.2, 0.25) is 5.41 Å². The van der Waals surface area contributed by atoms with Gasteiger partial charge in [0.25, 0.3) is 5.91 Å². The number of nitrogens with zero attached hydrogens (tertiary/aromatic N) is 1. The van der Waals surface area contributed by atoms with Crippen molar-refractivity contribution in [2.45, 2.75) is 45.0 Å². The van der Waals surface area contributed by atoms with Crippen LogP contribution >= 0.6 is 21.6 Å². The number of carboxylic acids is 1. The fourth-order valence-electron chi connectivity index (χ4n) is 2.54. The number of rotatable bonds is 4. The van der Waals surface area contributed by atoms with Crippen molar-refractivity contribution in [3.63, 3.8) is 0 Å². The van der Waals surface area contributed by atoms with Crippen LogP contribution in [0.5, 0.6) is 0 Å². The zero-order valence-corrected chi connectivity index (χ0v) is 14.8. The van der Waals surface area contributed by atoms with Gasteiger partial charge in [0.1, 0.15) is 5.37 Å². The summed E-state index contributed by atoms with van der Waals surface area (Å²) in [6.07, 6.45) is 1.11. The van der Waals surface area contributed by atoms with Gasteiger partial charge in [-0.2, -0.15) is 0 Å². The van der Waals surface area contributed by atoms with E-state index in [4.69, 9.17) is 4.43 Å². The molecule has 2 rings (SSSR count). The molecule has 0 bridgehead atoms. The van der Waals surface area contributed by atoms with Crippen LogP contribution < -0.4 is 0 Å². The highest BCUT2D eigenvalue weighted by atomic mass is 33.1. The Hall–Kier alpha value is -0.443. The van der Waals surface area contributed by atoms with Gasteiger partial charge < -0.3 is 14.4 Å². The Morgan fingerprint density at radius 1 is 1.55 bits per heavy atom. The number of carbonyl (C=O) groups excluding carboxylic acids is 1. The first-order chi connectivity index (χ1) is 9.10. The van der Waals surface area contributed by atoms with Crippen molar-refractivity contribution >= 4 is 41.8 Å². The maximum Gasteiger partial charge on any atom is 0.325 e. The van der Waals surface area contributed by atoms with Gasteiger partial charge in [0.05, 0.1) is 6.10 Å². The van der Waals surface area contributed by atoms with Crippen molar-refractivity contribution < 1.29 is 19.1 Å². The highest BCUT2D eigenvalue weighted by Crippen LogP contribution is 2.57. The van der Waals surface area contributed by atoms with Gasteiger partial charge in [-0.3, -0.25) is 9.59 Å². The van der Waals surface area contributed by atoms with Gasteiger partial charge in [-0.05, 0) is 33.5 Å². The fourth-order valence-corrected chi connectivity index (χ4v) is 6.57. The summed E-state index contributed by atoms with van der Waals surface area (Å²) in [6, 6.07) is 0.